The van der Waals surface area contributed by atoms with Gasteiger partial charge in [-0.3, -0.25) is 4.79 Å². The highest BCUT2D eigenvalue weighted by molar-refractivity contribution is 5.89. The molecule has 0 unspecified atom stereocenters. The minimum atomic E-state index is -0.871. The second-order valence-electron chi connectivity index (χ2n) is 3.34. The van der Waals surface area contributed by atoms with Gasteiger partial charge in [-0.05, 0) is 24.6 Å². The molecule has 1 rings (SSSR count). The quantitative estimate of drug-likeness (QED) is 0.794. The van der Waals surface area contributed by atoms with Crippen molar-refractivity contribution >= 4 is 18.0 Å². The Morgan fingerprint density at radius 3 is 2.47 bits per heavy atom. The molecule has 0 aromatic heterocycles. The summed E-state index contributed by atoms with van der Waals surface area (Å²) >= 11 is 0. The summed E-state index contributed by atoms with van der Waals surface area (Å²) in [6, 6.07) is 6.78. The third-order valence-electron chi connectivity index (χ3n) is 2.02. The van der Waals surface area contributed by atoms with Crippen molar-refractivity contribution in [1.29, 1.82) is 0 Å². The second-order valence-corrected chi connectivity index (χ2v) is 3.34. The topological polar surface area (TPSA) is 63.6 Å². The fourth-order valence-electron chi connectivity index (χ4n) is 1.24. The molecule has 0 aliphatic heterocycles. The molecule has 0 atom stereocenters. The van der Waals surface area contributed by atoms with Crippen LogP contribution in [-0.2, 0) is 9.53 Å². The van der Waals surface area contributed by atoms with Crippen molar-refractivity contribution in [3.63, 3.8) is 0 Å². The van der Waals surface area contributed by atoms with Crippen molar-refractivity contribution in [3.8, 4) is 0 Å². The lowest BCUT2D eigenvalue weighted by Gasteiger charge is -2.01. The van der Waals surface area contributed by atoms with E-state index in [0.717, 1.165) is 5.56 Å². The van der Waals surface area contributed by atoms with Crippen LogP contribution in [0.3, 0.4) is 0 Å². The molecule has 0 aliphatic carbocycles. The van der Waals surface area contributed by atoms with Crippen molar-refractivity contribution in [2.75, 3.05) is 6.61 Å². The van der Waals surface area contributed by atoms with Gasteiger partial charge in [-0.25, -0.2) is 4.79 Å². The standard InChI is InChI=1S/C13H14O4/c1-2-17-13(16)11-8-6-10(7-9-11)4-3-5-12(14)15/h3-4,6-9H,2,5H2,1H3,(H,14,15)/b4-3+. The molecule has 17 heavy (non-hydrogen) atoms. The molecule has 90 valence electrons. The van der Waals surface area contributed by atoms with Gasteiger partial charge in [0.25, 0.3) is 0 Å². The monoisotopic (exact) mass is 234 g/mol. The summed E-state index contributed by atoms with van der Waals surface area (Å²) in [6.45, 7) is 2.10. The van der Waals surface area contributed by atoms with Gasteiger partial charge in [-0.2, -0.15) is 0 Å². The number of carbonyl (C=O) groups is 2. The first-order valence-electron chi connectivity index (χ1n) is 5.29. The molecular formula is C13H14O4. The van der Waals surface area contributed by atoms with Crippen molar-refractivity contribution in [2.45, 2.75) is 13.3 Å². The molecule has 0 radical (unpaired) electrons. The highest BCUT2D eigenvalue weighted by atomic mass is 16.5. The maximum absolute atomic E-state index is 11.3. The van der Waals surface area contributed by atoms with Crippen LogP contribution in [0.1, 0.15) is 29.3 Å². The van der Waals surface area contributed by atoms with Gasteiger partial charge in [0.2, 0.25) is 0 Å². The number of aliphatic carboxylic acids is 1. The van der Waals surface area contributed by atoms with E-state index in [0.29, 0.717) is 12.2 Å². The molecule has 0 spiro atoms. The Hall–Kier alpha value is -2.10. The molecule has 0 saturated carbocycles. The number of rotatable bonds is 5. The Morgan fingerprint density at radius 2 is 1.94 bits per heavy atom. The second kappa shape index (κ2) is 6.48. The Labute approximate surface area is 99.5 Å². The zero-order valence-electron chi connectivity index (χ0n) is 9.55. The fourth-order valence-corrected chi connectivity index (χ4v) is 1.24. The van der Waals surface area contributed by atoms with Crippen LogP contribution in [0.4, 0.5) is 0 Å². The molecule has 0 bridgehead atoms. The summed E-state index contributed by atoms with van der Waals surface area (Å²) in [6.07, 6.45) is 3.24. The normalized spacial score (nSPS) is 10.4. The molecule has 0 heterocycles. The van der Waals surface area contributed by atoms with E-state index >= 15 is 0 Å². The SMILES string of the molecule is CCOC(=O)c1ccc(/C=C/CC(=O)O)cc1. The average Bonchev–Trinajstić information content (AvgIpc) is 2.30. The largest absolute Gasteiger partial charge is 0.481 e. The van der Waals surface area contributed by atoms with Crippen LogP contribution >= 0.6 is 0 Å². The number of hydrogen-bond donors (Lipinski definition) is 1. The van der Waals surface area contributed by atoms with Crippen LogP contribution in [0.5, 0.6) is 0 Å². The highest BCUT2D eigenvalue weighted by Crippen LogP contribution is 2.08. The summed E-state index contributed by atoms with van der Waals surface area (Å²) < 4.78 is 4.85. The van der Waals surface area contributed by atoms with Gasteiger partial charge in [-0.1, -0.05) is 24.3 Å². The molecule has 4 nitrogen and oxygen atoms in total. The Kier molecular flexibility index (Phi) is 4.94. The van der Waals surface area contributed by atoms with E-state index in [1.165, 1.54) is 0 Å². The first kappa shape index (κ1) is 13.0. The number of carbonyl (C=O) groups excluding carboxylic acids is 1. The molecule has 0 fully saturated rings. The minimum Gasteiger partial charge on any atom is -0.481 e. The van der Waals surface area contributed by atoms with Crippen molar-refractivity contribution in [2.24, 2.45) is 0 Å². The fraction of sp³-hybridized carbons (Fsp3) is 0.231. The summed E-state index contributed by atoms with van der Waals surface area (Å²) in [5, 5.41) is 8.46. The van der Waals surface area contributed by atoms with Gasteiger partial charge in [-0.15, -0.1) is 0 Å². The lowest BCUT2D eigenvalue weighted by atomic mass is 10.1. The van der Waals surface area contributed by atoms with Crippen LogP contribution in [0, 0.1) is 0 Å². The van der Waals surface area contributed by atoms with Gasteiger partial charge in [0.15, 0.2) is 0 Å². The lowest BCUT2D eigenvalue weighted by Crippen LogP contribution is -2.03. The van der Waals surface area contributed by atoms with Crippen molar-refractivity contribution in [3.05, 3.63) is 41.5 Å². The van der Waals surface area contributed by atoms with Gasteiger partial charge < -0.3 is 9.84 Å². The third-order valence-corrected chi connectivity index (χ3v) is 2.02. The van der Waals surface area contributed by atoms with Crippen LogP contribution in [-0.4, -0.2) is 23.7 Å². The van der Waals surface area contributed by atoms with E-state index in [9.17, 15) is 9.59 Å². The zero-order valence-corrected chi connectivity index (χ0v) is 9.55. The van der Waals surface area contributed by atoms with Crippen LogP contribution in [0.25, 0.3) is 6.08 Å². The maximum atomic E-state index is 11.3. The highest BCUT2D eigenvalue weighted by Gasteiger charge is 2.04. The Balaban J connectivity index is 2.64. The van der Waals surface area contributed by atoms with Crippen molar-refractivity contribution < 1.29 is 19.4 Å². The summed E-state index contributed by atoms with van der Waals surface area (Å²) in [4.78, 5) is 21.6. The molecule has 1 N–H and O–H groups in total. The van der Waals surface area contributed by atoms with E-state index in [-0.39, 0.29) is 12.4 Å². The summed E-state index contributed by atoms with van der Waals surface area (Å²) in [5.74, 6) is -1.22. The van der Waals surface area contributed by atoms with Crippen LogP contribution < -0.4 is 0 Å². The van der Waals surface area contributed by atoms with Gasteiger partial charge in [0.1, 0.15) is 0 Å². The Morgan fingerprint density at radius 1 is 1.29 bits per heavy atom. The van der Waals surface area contributed by atoms with Crippen LogP contribution in [0.15, 0.2) is 30.3 Å². The zero-order chi connectivity index (χ0) is 12.7. The van der Waals surface area contributed by atoms with E-state index in [4.69, 9.17) is 9.84 Å². The number of ether oxygens (including phenoxy) is 1. The maximum Gasteiger partial charge on any atom is 0.338 e. The molecule has 0 saturated heterocycles. The molecule has 1 aromatic carbocycles. The van der Waals surface area contributed by atoms with Crippen LogP contribution in [0.2, 0.25) is 0 Å². The van der Waals surface area contributed by atoms with E-state index in [1.54, 1.807) is 43.3 Å². The van der Waals surface area contributed by atoms with Crippen molar-refractivity contribution in [1.82, 2.24) is 0 Å². The number of carboxylic acids is 1. The van der Waals surface area contributed by atoms with Gasteiger partial charge in [0.05, 0.1) is 18.6 Å². The predicted molar refractivity (Wildman–Crippen MR) is 63.7 cm³/mol. The first-order valence-corrected chi connectivity index (χ1v) is 5.29. The van der Waals surface area contributed by atoms with E-state index < -0.39 is 5.97 Å². The molecule has 0 aliphatic rings. The predicted octanol–water partition coefficient (Wildman–Crippen LogP) is 2.35. The third kappa shape index (κ3) is 4.51. The number of benzene rings is 1. The smallest absolute Gasteiger partial charge is 0.338 e. The first-order chi connectivity index (χ1) is 8.13. The average molecular weight is 234 g/mol. The molecular weight excluding hydrogens is 220 g/mol. The number of esters is 1. The lowest BCUT2D eigenvalue weighted by molar-refractivity contribution is -0.135. The molecule has 1 aromatic rings. The Bertz CT molecular complexity index is 418. The van der Waals surface area contributed by atoms with Gasteiger partial charge >= 0.3 is 11.9 Å². The van der Waals surface area contributed by atoms with E-state index in [2.05, 4.69) is 0 Å². The summed E-state index contributed by atoms with van der Waals surface area (Å²) in [7, 11) is 0. The van der Waals surface area contributed by atoms with E-state index in [1.807, 2.05) is 0 Å². The number of carboxylic acid groups (broad SMARTS) is 1. The van der Waals surface area contributed by atoms with Gasteiger partial charge in [0, 0.05) is 0 Å². The molecule has 0 amide bonds. The molecule has 4 heteroatoms. The number of hydrogen-bond acceptors (Lipinski definition) is 3. The summed E-state index contributed by atoms with van der Waals surface area (Å²) in [5.41, 5.74) is 1.33. The minimum absolute atomic E-state index is 0.0143.